The van der Waals surface area contributed by atoms with E-state index in [-0.39, 0.29) is 5.41 Å². The molecule has 0 saturated heterocycles. The quantitative estimate of drug-likeness (QED) is 0.593. The predicted molar refractivity (Wildman–Crippen MR) is 74.7 cm³/mol. The molecule has 1 heterocycles. The maximum Gasteiger partial charge on any atom is 0.222 e. The van der Waals surface area contributed by atoms with Crippen molar-refractivity contribution in [3.63, 3.8) is 0 Å². The summed E-state index contributed by atoms with van der Waals surface area (Å²) >= 11 is 0. The second-order valence-electron chi connectivity index (χ2n) is 5.60. The lowest BCUT2D eigenvalue weighted by molar-refractivity contribution is 0.284. The molecule has 0 aliphatic carbocycles. The molecular weight excluding hydrogens is 224 g/mol. The van der Waals surface area contributed by atoms with Crippen LogP contribution < -0.4 is 0 Å². The van der Waals surface area contributed by atoms with Gasteiger partial charge in [0.1, 0.15) is 0 Å². The summed E-state index contributed by atoms with van der Waals surface area (Å²) in [4.78, 5) is 0. The number of aryl methyl sites for hydroxylation is 1. The first-order valence-corrected chi connectivity index (χ1v) is 7.43. The number of nitrogens with zero attached hydrogens (tertiary/aromatic N) is 2. The van der Waals surface area contributed by atoms with E-state index in [1.165, 1.54) is 38.5 Å². The van der Waals surface area contributed by atoms with E-state index in [4.69, 9.17) is 4.42 Å². The fraction of sp³-hybridized carbons (Fsp3) is 0.867. The first kappa shape index (κ1) is 15.2. The molecule has 0 unspecified atom stereocenters. The van der Waals surface area contributed by atoms with Crippen LogP contribution in [0.5, 0.6) is 0 Å². The van der Waals surface area contributed by atoms with Gasteiger partial charge in [-0.3, -0.25) is 0 Å². The molecule has 1 rings (SSSR count). The maximum absolute atomic E-state index is 5.69. The zero-order valence-corrected chi connectivity index (χ0v) is 12.5. The standard InChI is InChI=1S/C15H28N2O/c1-5-7-9-11-15(4,12-10-8-6-2)14-17-16-13(3)18-14/h5-12H2,1-4H3. The second-order valence-corrected chi connectivity index (χ2v) is 5.60. The van der Waals surface area contributed by atoms with E-state index in [2.05, 4.69) is 31.0 Å². The minimum absolute atomic E-state index is 0.0750. The van der Waals surface area contributed by atoms with Crippen LogP contribution in [0.4, 0.5) is 0 Å². The summed E-state index contributed by atoms with van der Waals surface area (Å²) in [7, 11) is 0. The second kappa shape index (κ2) is 7.55. The number of hydrogen-bond donors (Lipinski definition) is 0. The van der Waals surface area contributed by atoms with Crippen molar-refractivity contribution in [2.24, 2.45) is 0 Å². The van der Waals surface area contributed by atoms with Crippen molar-refractivity contribution in [2.75, 3.05) is 0 Å². The Kier molecular flexibility index (Phi) is 6.37. The van der Waals surface area contributed by atoms with Crippen LogP contribution in [0.2, 0.25) is 0 Å². The van der Waals surface area contributed by atoms with Gasteiger partial charge in [-0.2, -0.15) is 0 Å². The molecule has 0 fully saturated rings. The highest BCUT2D eigenvalue weighted by molar-refractivity contribution is 5.01. The van der Waals surface area contributed by atoms with Crippen LogP contribution in [-0.4, -0.2) is 10.2 Å². The highest BCUT2D eigenvalue weighted by Crippen LogP contribution is 2.34. The van der Waals surface area contributed by atoms with Gasteiger partial charge in [-0.25, -0.2) is 0 Å². The van der Waals surface area contributed by atoms with E-state index in [0.29, 0.717) is 5.89 Å². The molecule has 0 amide bonds. The zero-order valence-electron chi connectivity index (χ0n) is 12.5. The van der Waals surface area contributed by atoms with Gasteiger partial charge in [0.05, 0.1) is 0 Å². The summed E-state index contributed by atoms with van der Waals surface area (Å²) in [5.41, 5.74) is 0.0750. The fourth-order valence-corrected chi connectivity index (χ4v) is 2.41. The van der Waals surface area contributed by atoms with Gasteiger partial charge in [0, 0.05) is 12.3 Å². The minimum Gasteiger partial charge on any atom is -0.425 e. The van der Waals surface area contributed by atoms with Crippen molar-refractivity contribution in [3.05, 3.63) is 11.8 Å². The third-order valence-electron chi connectivity index (χ3n) is 3.71. The Morgan fingerprint density at radius 1 is 0.944 bits per heavy atom. The Labute approximate surface area is 111 Å². The predicted octanol–water partition coefficient (Wildman–Crippen LogP) is 4.80. The van der Waals surface area contributed by atoms with Crippen molar-refractivity contribution in [2.45, 2.75) is 84.5 Å². The Hall–Kier alpha value is -0.860. The van der Waals surface area contributed by atoms with Crippen LogP contribution in [-0.2, 0) is 5.41 Å². The molecule has 0 aromatic carbocycles. The first-order chi connectivity index (χ1) is 8.62. The number of aromatic nitrogens is 2. The summed E-state index contributed by atoms with van der Waals surface area (Å²) < 4.78 is 5.69. The molecule has 0 saturated carbocycles. The molecule has 0 N–H and O–H groups in total. The van der Waals surface area contributed by atoms with Crippen molar-refractivity contribution < 1.29 is 4.42 Å². The van der Waals surface area contributed by atoms with Crippen molar-refractivity contribution >= 4 is 0 Å². The van der Waals surface area contributed by atoms with Crippen LogP contribution in [0.25, 0.3) is 0 Å². The van der Waals surface area contributed by atoms with Crippen molar-refractivity contribution in [1.82, 2.24) is 10.2 Å². The lowest BCUT2D eigenvalue weighted by atomic mass is 9.79. The zero-order chi connectivity index (χ0) is 13.4. The third kappa shape index (κ3) is 4.43. The lowest BCUT2D eigenvalue weighted by Gasteiger charge is -2.25. The monoisotopic (exact) mass is 252 g/mol. The molecule has 0 aliphatic heterocycles. The summed E-state index contributed by atoms with van der Waals surface area (Å²) in [5.74, 6) is 1.52. The molecule has 0 radical (unpaired) electrons. The van der Waals surface area contributed by atoms with Gasteiger partial charge in [-0.05, 0) is 12.8 Å². The Morgan fingerprint density at radius 3 is 1.89 bits per heavy atom. The Morgan fingerprint density at radius 2 is 1.50 bits per heavy atom. The molecular formula is C15H28N2O. The molecule has 1 aromatic rings. The van der Waals surface area contributed by atoms with Gasteiger partial charge in [0.25, 0.3) is 0 Å². The maximum atomic E-state index is 5.69. The molecule has 0 bridgehead atoms. The molecule has 0 spiro atoms. The van der Waals surface area contributed by atoms with Crippen LogP contribution in [0.1, 0.15) is 83.9 Å². The van der Waals surface area contributed by atoms with E-state index in [1.807, 2.05) is 6.92 Å². The molecule has 1 aromatic heterocycles. The average molecular weight is 252 g/mol. The van der Waals surface area contributed by atoms with Gasteiger partial charge < -0.3 is 4.42 Å². The van der Waals surface area contributed by atoms with E-state index in [9.17, 15) is 0 Å². The summed E-state index contributed by atoms with van der Waals surface area (Å²) in [5, 5.41) is 8.25. The van der Waals surface area contributed by atoms with Gasteiger partial charge in [-0.15, -0.1) is 10.2 Å². The lowest BCUT2D eigenvalue weighted by Crippen LogP contribution is -2.22. The Bertz CT molecular complexity index is 323. The summed E-state index contributed by atoms with van der Waals surface area (Å²) in [6.45, 7) is 8.64. The Balaban J connectivity index is 2.66. The topological polar surface area (TPSA) is 38.9 Å². The first-order valence-electron chi connectivity index (χ1n) is 7.43. The van der Waals surface area contributed by atoms with E-state index >= 15 is 0 Å². The number of unbranched alkanes of at least 4 members (excludes halogenated alkanes) is 4. The smallest absolute Gasteiger partial charge is 0.222 e. The number of hydrogen-bond acceptors (Lipinski definition) is 3. The molecule has 3 heteroatoms. The van der Waals surface area contributed by atoms with Crippen molar-refractivity contribution in [3.8, 4) is 0 Å². The third-order valence-corrected chi connectivity index (χ3v) is 3.71. The molecule has 104 valence electrons. The van der Waals surface area contributed by atoms with Gasteiger partial charge in [0.2, 0.25) is 11.8 Å². The van der Waals surface area contributed by atoms with E-state index in [1.54, 1.807) is 0 Å². The van der Waals surface area contributed by atoms with Gasteiger partial charge in [0.15, 0.2) is 0 Å². The van der Waals surface area contributed by atoms with E-state index < -0.39 is 0 Å². The molecule has 0 aliphatic rings. The largest absolute Gasteiger partial charge is 0.425 e. The van der Waals surface area contributed by atoms with E-state index in [0.717, 1.165) is 18.7 Å². The summed E-state index contributed by atoms with van der Waals surface area (Å²) in [6.07, 6.45) is 9.91. The summed E-state index contributed by atoms with van der Waals surface area (Å²) in [6, 6.07) is 0. The minimum atomic E-state index is 0.0750. The SMILES string of the molecule is CCCCCC(C)(CCCCC)c1nnc(C)o1. The molecule has 0 atom stereocenters. The average Bonchev–Trinajstić information content (AvgIpc) is 2.77. The van der Waals surface area contributed by atoms with Crippen LogP contribution in [0.3, 0.4) is 0 Å². The number of rotatable bonds is 9. The molecule has 3 nitrogen and oxygen atoms in total. The van der Waals surface area contributed by atoms with Crippen LogP contribution in [0, 0.1) is 6.92 Å². The van der Waals surface area contributed by atoms with Crippen LogP contribution in [0.15, 0.2) is 4.42 Å². The van der Waals surface area contributed by atoms with Gasteiger partial charge in [-0.1, -0.05) is 59.3 Å². The highest BCUT2D eigenvalue weighted by Gasteiger charge is 2.31. The van der Waals surface area contributed by atoms with Crippen LogP contribution >= 0.6 is 0 Å². The highest BCUT2D eigenvalue weighted by atomic mass is 16.4. The van der Waals surface area contributed by atoms with Gasteiger partial charge >= 0.3 is 0 Å². The molecule has 18 heavy (non-hydrogen) atoms. The normalized spacial score (nSPS) is 12.0. The van der Waals surface area contributed by atoms with Crippen molar-refractivity contribution in [1.29, 1.82) is 0 Å². The fourth-order valence-electron chi connectivity index (χ4n) is 2.41.